The summed E-state index contributed by atoms with van der Waals surface area (Å²) in [6.45, 7) is 4.25. The predicted molar refractivity (Wildman–Crippen MR) is 146 cm³/mol. The molecule has 0 amide bonds. The highest BCUT2D eigenvalue weighted by Crippen LogP contribution is 2.49. The van der Waals surface area contributed by atoms with Crippen LogP contribution in [0.5, 0.6) is 5.75 Å². The van der Waals surface area contributed by atoms with E-state index in [-0.39, 0.29) is 23.7 Å². The molecule has 1 heterocycles. The van der Waals surface area contributed by atoms with Crippen molar-refractivity contribution in [1.82, 2.24) is 4.31 Å². The van der Waals surface area contributed by atoms with Crippen molar-refractivity contribution in [2.24, 2.45) is 5.41 Å². The van der Waals surface area contributed by atoms with Crippen molar-refractivity contribution in [2.45, 2.75) is 75.9 Å². The summed E-state index contributed by atoms with van der Waals surface area (Å²) in [6.07, 6.45) is -0.488. The van der Waals surface area contributed by atoms with Gasteiger partial charge in [-0.3, -0.25) is 4.79 Å². The largest absolute Gasteiger partial charge is 0.492 e. The molecule has 41 heavy (non-hydrogen) atoms. The second-order valence-corrected chi connectivity index (χ2v) is 13.3. The summed E-state index contributed by atoms with van der Waals surface area (Å²) in [5.74, 6) is -1.89. The van der Waals surface area contributed by atoms with Crippen molar-refractivity contribution in [2.75, 3.05) is 31.7 Å². The smallest absolute Gasteiger partial charge is 0.420 e. The van der Waals surface area contributed by atoms with Gasteiger partial charge in [0.25, 0.3) is 0 Å². The maximum absolute atomic E-state index is 14.5. The Morgan fingerprint density at radius 2 is 1.63 bits per heavy atom. The molecule has 2 aromatic rings. The van der Waals surface area contributed by atoms with Gasteiger partial charge in [-0.1, -0.05) is 25.7 Å². The monoisotopic (exact) mass is 600 g/mol. The van der Waals surface area contributed by atoms with Gasteiger partial charge in [0.1, 0.15) is 23.1 Å². The zero-order valence-electron chi connectivity index (χ0n) is 23.7. The van der Waals surface area contributed by atoms with Gasteiger partial charge in [-0.25, -0.2) is 12.8 Å². The van der Waals surface area contributed by atoms with Gasteiger partial charge in [0.15, 0.2) is 0 Å². The number of benzene rings is 2. The molecule has 2 aliphatic rings. The molecule has 1 saturated carbocycles. The fourth-order valence-electron chi connectivity index (χ4n) is 5.54. The minimum absolute atomic E-state index is 0.0838. The van der Waals surface area contributed by atoms with Crippen molar-refractivity contribution in [1.29, 1.82) is 0 Å². The Kier molecular flexibility index (Phi) is 8.67. The molecule has 4 rings (SSSR count). The van der Waals surface area contributed by atoms with E-state index in [4.69, 9.17) is 9.47 Å². The molecule has 12 heteroatoms. The first-order valence-corrected chi connectivity index (χ1v) is 15.1. The zero-order chi connectivity index (χ0) is 30.2. The number of anilines is 2. The number of nitrogens with zero attached hydrogens (tertiary/aromatic N) is 2. The molecule has 1 aliphatic carbocycles. The average Bonchev–Trinajstić information content (AvgIpc) is 3.19. The van der Waals surface area contributed by atoms with Crippen LogP contribution in [0.15, 0.2) is 41.3 Å². The molecule has 226 valence electrons. The summed E-state index contributed by atoms with van der Waals surface area (Å²) >= 11 is 0. The number of carbonyl (C=O) groups is 1. The first-order chi connectivity index (χ1) is 19.1. The first kappa shape index (κ1) is 31.1. The Bertz CT molecular complexity index is 1370. The van der Waals surface area contributed by atoms with Gasteiger partial charge in [-0.15, -0.1) is 0 Å². The Morgan fingerprint density at radius 1 is 1.02 bits per heavy atom. The lowest BCUT2D eigenvalue weighted by molar-refractivity contribution is -0.155. The van der Waals surface area contributed by atoms with Crippen LogP contribution in [-0.2, 0) is 25.7 Å². The lowest BCUT2D eigenvalue weighted by Crippen LogP contribution is -2.53. The highest BCUT2D eigenvalue weighted by Gasteiger charge is 2.49. The summed E-state index contributed by atoms with van der Waals surface area (Å²) in [5, 5.41) is 0. The van der Waals surface area contributed by atoms with Gasteiger partial charge in [0.2, 0.25) is 10.0 Å². The first-order valence-electron chi connectivity index (χ1n) is 13.7. The number of rotatable bonds is 6. The molecular formula is C29H36F4N2O5S. The number of sulfonamides is 1. The maximum atomic E-state index is 14.5. The van der Waals surface area contributed by atoms with Crippen molar-refractivity contribution < 1.29 is 40.2 Å². The van der Waals surface area contributed by atoms with E-state index in [2.05, 4.69) is 0 Å². The normalized spacial score (nSPS) is 19.3. The second-order valence-electron chi connectivity index (χ2n) is 11.4. The summed E-state index contributed by atoms with van der Waals surface area (Å²) < 4.78 is 97.5. The number of halogens is 4. The summed E-state index contributed by atoms with van der Waals surface area (Å²) in [6, 6.07) is 6.93. The number of alkyl halides is 3. The van der Waals surface area contributed by atoms with Gasteiger partial charge in [0, 0.05) is 25.3 Å². The van der Waals surface area contributed by atoms with Crippen LogP contribution in [0.4, 0.5) is 28.9 Å². The molecule has 7 nitrogen and oxygen atoms in total. The highest BCUT2D eigenvalue weighted by molar-refractivity contribution is 7.89. The summed E-state index contributed by atoms with van der Waals surface area (Å²) in [7, 11) is -2.84. The van der Waals surface area contributed by atoms with Crippen molar-refractivity contribution in [3.8, 4) is 5.75 Å². The number of hydrogen-bond donors (Lipinski definition) is 0. The Labute approximate surface area is 238 Å². The van der Waals surface area contributed by atoms with E-state index < -0.39 is 56.9 Å². The van der Waals surface area contributed by atoms with E-state index >= 15 is 0 Å². The Morgan fingerprint density at radius 3 is 2.20 bits per heavy atom. The van der Waals surface area contributed by atoms with Crippen molar-refractivity contribution in [3.63, 3.8) is 0 Å². The third-order valence-corrected chi connectivity index (χ3v) is 10.00. The predicted octanol–water partition coefficient (Wildman–Crippen LogP) is 6.68. The number of carbonyl (C=O) groups excluding carboxylic acids is 1. The van der Waals surface area contributed by atoms with E-state index in [9.17, 15) is 30.8 Å². The van der Waals surface area contributed by atoms with Crippen LogP contribution in [-0.4, -0.2) is 51.0 Å². The molecule has 0 saturated heterocycles. The maximum Gasteiger partial charge on any atom is 0.420 e. The van der Waals surface area contributed by atoms with Gasteiger partial charge in [-0.05, 0) is 63.9 Å². The fraction of sp³-hybridized carbons (Fsp3) is 0.552. The molecule has 0 unspecified atom stereocenters. The number of fused-ring (bicyclic) bond motifs is 1. The molecule has 0 radical (unpaired) electrons. The second kappa shape index (κ2) is 11.4. The molecule has 2 aromatic carbocycles. The van der Waals surface area contributed by atoms with Gasteiger partial charge in [-0.2, -0.15) is 17.5 Å². The molecule has 0 atom stereocenters. The fourth-order valence-corrected chi connectivity index (χ4v) is 7.28. The van der Waals surface area contributed by atoms with Gasteiger partial charge in [0.05, 0.1) is 28.8 Å². The standard InChI is InChI=1S/C29H36F4N2O5S/c1-5-39-26(36)27(2,3)19-40-24-17-25-23(16-22(24)29(31,32)33)35(21-12-10-20(30)11-13-21)18-28(34(4)41(25,37)38)14-8-6-7-9-15-28/h10-13,16-17H,5-9,14-15,18-19H2,1-4H3. The number of hydrogen-bond acceptors (Lipinski definition) is 6. The third-order valence-electron chi connectivity index (χ3n) is 8.01. The average molecular weight is 601 g/mol. The number of ether oxygens (including phenoxy) is 2. The number of likely N-dealkylation sites (N-methyl/N-ethyl adjacent to an activating group) is 1. The van der Waals surface area contributed by atoms with Crippen LogP contribution in [0.25, 0.3) is 0 Å². The van der Waals surface area contributed by atoms with Crippen LogP contribution in [0.1, 0.15) is 64.9 Å². The Hall–Kier alpha value is -2.86. The minimum atomic E-state index is -4.91. The van der Waals surface area contributed by atoms with E-state index in [0.29, 0.717) is 18.5 Å². The van der Waals surface area contributed by atoms with Crippen LogP contribution in [0.2, 0.25) is 0 Å². The zero-order valence-corrected chi connectivity index (χ0v) is 24.5. The van der Waals surface area contributed by atoms with E-state index in [1.165, 1.54) is 49.5 Å². The van der Waals surface area contributed by atoms with Crippen molar-refractivity contribution in [3.05, 3.63) is 47.8 Å². The van der Waals surface area contributed by atoms with E-state index in [1.807, 2.05) is 0 Å². The topological polar surface area (TPSA) is 76.2 Å². The van der Waals surface area contributed by atoms with Crippen LogP contribution in [0, 0.1) is 11.2 Å². The van der Waals surface area contributed by atoms with Crippen LogP contribution in [0.3, 0.4) is 0 Å². The summed E-state index contributed by atoms with van der Waals surface area (Å²) in [5.41, 5.74) is -3.18. The Balaban J connectivity index is 1.93. The molecule has 0 aromatic heterocycles. The minimum Gasteiger partial charge on any atom is -0.492 e. The van der Waals surface area contributed by atoms with E-state index in [0.717, 1.165) is 37.8 Å². The van der Waals surface area contributed by atoms with Gasteiger partial charge < -0.3 is 14.4 Å². The highest BCUT2D eigenvalue weighted by atomic mass is 32.2. The molecule has 1 spiro atoms. The molecule has 0 N–H and O–H groups in total. The van der Waals surface area contributed by atoms with E-state index in [1.54, 1.807) is 11.8 Å². The molecule has 0 bridgehead atoms. The molecule has 1 fully saturated rings. The SMILES string of the molecule is CCOC(=O)C(C)(C)COc1cc2c(cc1C(F)(F)F)N(c1ccc(F)cc1)CC1(CCCCCC1)N(C)S2(=O)=O. The molecular weight excluding hydrogens is 564 g/mol. The van der Waals surface area contributed by atoms with Crippen LogP contribution < -0.4 is 9.64 Å². The quantitative estimate of drug-likeness (QED) is 0.272. The van der Waals surface area contributed by atoms with Crippen LogP contribution >= 0.6 is 0 Å². The number of esters is 1. The third kappa shape index (κ3) is 6.18. The molecule has 1 aliphatic heterocycles. The lowest BCUT2D eigenvalue weighted by atomic mass is 9.89. The van der Waals surface area contributed by atoms with Crippen molar-refractivity contribution >= 4 is 27.4 Å². The lowest BCUT2D eigenvalue weighted by Gasteiger charge is -2.41. The van der Waals surface area contributed by atoms with Gasteiger partial charge >= 0.3 is 12.1 Å². The summed E-state index contributed by atoms with van der Waals surface area (Å²) in [4.78, 5) is 13.5.